The third-order valence-corrected chi connectivity index (χ3v) is 6.82. The number of carbonyl (C=O) groups excluding carboxylic acids is 1. The van der Waals surface area contributed by atoms with E-state index in [0.29, 0.717) is 12.3 Å². The van der Waals surface area contributed by atoms with E-state index >= 15 is 0 Å². The van der Waals surface area contributed by atoms with Gasteiger partial charge in [0.2, 0.25) is 11.8 Å². The fourth-order valence-corrected chi connectivity index (χ4v) is 4.15. The summed E-state index contributed by atoms with van der Waals surface area (Å²) in [7, 11) is 0. The molecule has 2 heterocycles. The van der Waals surface area contributed by atoms with Crippen LogP contribution in [-0.2, 0) is 21.6 Å². The van der Waals surface area contributed by atoms with Gasteiger partial charge in [-0.2, -0.15) is 4.72 Å². The Morgan fingerprint density at radius 3 is 2.60 bits per heavy atom. The fourth-order valence-electron chi connectivity index (χ4n) is 3.14. The molecule has 3 aromatic rings. The Hall–Kier alpha value is -3.38. The van der Waals surface area contributed by atoms with Crippen molar-refractivity contribution in [3.8, 4) is 17.1 Å². The number of hydrogen-bond donors (Lipinski definition) is 2. The van der Waals surface area contributed by atoms with Crippen molar-refractivity contribution < 1.29 is 22.9 Å². The molecule has 1 aromatic carbocycles. The Kier molecular flexibility index (Phi) is 7.13. The second kappa shape index (κ2) is 10.1. The largest absolute Gasteiger partial charge is 0.593 e. The maximum absolute atomic E-state index is 14.9. The van der Waals surface area contributed by atoms with Crippen molar-refractivity contribution in [3.63, 3.8) is 0 Å². The Balaban J connectivity index is 1.53. The van der Waals surface area contributed by atoms with Crippen molar-refractivity contribution in [2.24, 2.45) is 0 Å². The highest BCUT2D eigenvalue weighted by atomic mass is 32.2. The van der Waals surface area contributed by atoms with Gasteiger partial charge in [0.15, 0.2) is 0 Å². The van der Waals surface area contributed by atoms with Crippen molar-refractivity contribution in [2.75, 3.05) is 16.6 Å². The molecule has 2 N–H and O–H groups in total. The number of nitrogens with zero attached hydrogens (tertiary/aromatic N) is 4. The van der Waals surface area contributed by atoms with E-state index in [4.69, 9.17) is 4.74 Å². The summed E-state index contributed by atoms with van der Waals surface area (Å²) in [6.45, 7) is 5.26. The zero-order valence-corrected chi connectivity index (χ0v) is 20.2. The normalized spacial score (nSPS) is 14.3. The molecule has 0 saturated heterocycles. The van der Waals surface area contributed by atoms with Crippen molar-refractivity contribution >= 4 is 28.9 Å². The summed E-state index contributed by atoms with van der Waals surface area (Å²) in [4.78, 5) is 29.5. The minimum Gasteiger partial charge on any atom is -0.593 e. The molecular formula is C23H24F2N6O3S. The van der Waals surface area contributed by atoms with Crippen LogP contribution >= 0.6 is 0 Å². The van der Waals surface area contributed by atoms with E-state index in [1.165, 1.54) is 24.7 Å². The molecule has 9 nitrogen and oxygen atoms in total. The van der Waals surface area contributed by atoms with Gasteiger partial charge in [-0.1, -0.05) is 0 Å². The number of anilines is 2. The van der Waals surface area contributed by atoms with Gasteiger partial charge in [0.1, 0.15) is 22.6 Å². The van der Waals surface area contributed by atoms with E-state index in [2.05, 4.69) is 30.0 Å². The van der Waals surface area contributed by atoms with E-state index in [9.17, 15) is 18.1 Å². The van der Waals surface area contributed by atoms with E-state index in [-0.39, 0.29) is 28.3 Å². The summed E-state index contributed by atoms with van der Waals surface area (Å²) in [5, 5.41) is 2.40. The summed E-state index contributed by atoms with van der Waals surface area (Å²) in [6, 6.07) is 3.64. The molecule has 184 valence electrons. The van der Waals surface area contributed by atoms with Crippen LogP contribution in [0.25, 0.3) is 11.3 Å². The molecule has 0 radical (unpaired) electrons. The number of rotatable bonds is 9. The average molecular weight is 503 g/mol. The molecule has 2 aromatic heterocycles. The summed E-state index contributed by atoms with van der Waals surface area (Å²) < 4.78 is 49.9. The fraction of sp³-hybridized carbons (Fsp3) is 0.348. The highest BCUT2D eigenvalue weighted by Gasteiger charge is 2.37. The van der Waals surface area contributed by atoms with Crippen molar-refractivity contribution in [1.29, 1.82) is 0 Å². The topological polar surface area (TPSA) is 125 Å². The molecule has 35 heavy (non-hydrogen) atoms. The van der Waals surface area contributed by atoms with Crippen LogP contribution in [0.2, 0.25) is 0 Å². The molecule has 4 rings (SSSR count). The lowest BCUT2D eigenvalue weighted by Crippen LogP contribution is -2.36. The number of nitrogens with one attached hydrogen (secondary N) is 2. The van der Waals surface area contributed by atoms with Crippen molar-refractivity contribution in [3.05, 3.63) is 54.1 Å². The number of benzene rings is 1. The maximum Gasteiger partial charge on any atom is 0.265 e. The molecule has 1 fully saturated rings. The van der Waals surface area contributed by atoms with Gasteiger partial charge < -0.3 is 14.6 Å². The molecule has 1 aliphatic carbocycles. The average Bonchev–Trinajstić information content (AvgIpc) is 3.67. The first kappa shape index (κ1) is 24.7. The van der Waals surface area contributed by atoms with Crippen LogP contribution in [0.1, 0.15) is 39.3 Å². The highest BCUT2D eigenvalue weighted by Crippen LogP contribution is 2.31. The quantitative estimate of drug-likeness (QED) is 0.424. The Morgan fingerprint density at radius 2 is 1.94 bits per heavy atom. The lowest BCUT2D eigenvalue weighted by atomic mass is 9.88. The molecule has 0 bridgehead atoms. The number of ether oxygens (including phenoxy) is 1. The predicted octanol–water partition coefficient (Wildman–Crippen LogP) is 3.76. The third-order valence-electron chi connectivity index (χ3n) is 5.36. The van der Waals surface area contributed by atoms with Crippen LogP contribution in [0.3, 0.4) is 0 Å². The molecule has 1 saturated carbocycles. The van der Waals surface area contributed by atoms with Gasteiger partial charge in [-0.25, -0.2) is 23.7 Å². The first-order valence-corrected chi connectivity index (χ1v) is 12.2. The molecule has 12 heteroatoms. The first-order valence-electron chi connectivity index (χ1n) is 11.0. The summed E-state index contributed by atoms with van der Waals surface area (Å²) in [5.41, 5.74) is -1.23. The van der Waals surface area contributed by atoms with E-state index in [1.54, 1.807) is 20.8 Å². The minimum absolute atomic E-state index is 0.0695. The van der Waals surface area contributed by atoms with Gasteiger partial charge >= 0.3 is 0 Å². The van der Waals surface area contributed by atoms with Gasteiger partial charge in [-0.15, -0.1) is 0 Å². The molecule has 1 unspecified atom stereocenters. The second-order valence-corrected chi connectivity index (χ2v) is 9.90. The molecular weight excluding hydrogens is 478 g/mol. The summed E-state index contributed by atoms with van der Waals surface area (Å²) in [5.74, 6) is -2.29. The van der Waals surface area contributed by atoms with Crippen molar-refractivity contribution in [1.82, 2.24) is 19.9 Å². The zero-order valence-electron chi connectivity index (χ0n) is 19.3. The highest BCUT2D eigenvalue weighted by molar-refractivity contribution is 7.93. The minimum atomic E-state index is -1.31. The summed E-state index contributed by atoms with van der Waals surface area (Å²) >= 11 is -1.31. The number of hydrogen-bond acceptors (Lipinski definition) is 8. The molecule has 1 atom stereocenters. The number of carbonyl (C=O) groups is 1. The summed E-state index contributed by atoms with van der Waals surface area (Å²) in [6.07, 6.45) is 5.92. The van der Waals surface area contributed by atoms with Crippen molar-refractivity contribution in [2.45, 2.75) is 44.3 Å². The Bertz CT molecular complexity index is 1220. The van der Waals surface area contributed by atoms with E-state index in [0.717, 1.165) is 25.0 Å². The van der Waals surface area contributed by atoms with Gasteiger partial charge in [0.25, 0.3) is 5.95 Å². The number of halogens is 2. The van der Waals surface area contributed by atoms with Crippen LogP contribution in [0.15, 0.2) is 36.8 Å². The third kappa shape index (κ3) is 5.65. The molecule has 1 aliphatic rings. The number of aromatic nitrogens is 4. The lowest BCUT2D eigenvalue weighted by Gasteiger charge is -2.24. The van der Waals surface area contributed by atoms with Crippen LogP contribution < -0.4 is 14.8 Å². The zero-order chi connectivity index (χ0) is 25.2. The monoisotopic (exact) mass is 502 g/mol. The van der Waals surface area contributed by atoms with Crippen LogP contribution in [-0.4, -0.2) is 42.3 Å². The smallest absolute Gasteiger partial charge is 0.265 e. The lowest BCUT2D eigenvalue weighted by molar-refractivity contribution is -0.120. The van der Waals surface area contributed by atoms with E-state index in [1.807, 2.05) is 0 Å². The second-order valence-electron chi connectivity index (χ2n) is 8.43. The van der Waals surface area contributed by atoms with Crippen LogP contribution in [0.5, 0.6) is 5.88 Å². The Morgan fingerprint density at radius 1 is 1.23 bits per heavy atom. The first-order chi connectivity index (χ1) is 16.7. The molecule has 1 amide bonds. The number of amides is 1. The predicted molar refractivity (Wildman–Crippen MR) is 127 cm³/mol. The maximum atomic E-state index is 14.9. The SMILES string of the molecule is CCOc1cncc(-c2cc(F)c(NC(=O)C(C)(C)c3ccnc(N[S+]([O-])C4CC4)n3)c(F)c2)n1. The van der Waals surface area contributed by atoms with Gasteiger partial charge in [-0.05, 0) is 39.0 Å². The van der Waals surface area contributed by atoms with Gasteiger partial charge in [0.05, 0.1) is 47.2 Å². The van der Waals surface area contributed by atoms with Crippen LogP contribution in [0.4, 0.5) is 20.4 Å². The van der Waals surface area contributed by atoms with Gasteiger partial charge in [-0.3, -0.25) is 9.78 Å². The molecule has 0 aliphatic heterocycles. The Labute approximate surface area is 204 Å². The standard InChI is InChI=1S/C23H24F2N6O3S/c1-4-34-19-12-26-11-17(28-19)13-9-15(24)20(16(25)10-13)30-21(32)23(2,3)18-7-8-27-22(29-18)31-35(33)14-5-6-14/h7-12,14H,4-6H2,1-3H3,(H,30,32)(H,27,29,31). The van der Waals surface area contributed by atoms with Crippen LogP contribution in [0, 0.1) is 11.6 Å². The van der Waals surface area contributed by atoms with Gasteiger partial charge in [0, 0.05) is 24.6 Å². The molecule has 0 spiro atoms. The van der Waals surface area contributed by atoms with E-state index < -0.39 is 40.0 Å².